The quantitative estimate of drug-likeness (QED) is 0.117. The van der Waals surface area contributed by atoms with Crippen LogP contribution in [0.2, 0.25) is 0 Å². The summed E-state index contributed by atoms with van der Waals surface area (Å²) in [6.07, 6.45) is 4.51. The van der Waals surface area contributed by atoms with Crippen LogP contribution in [0.15, 0.2) is 48.5 Å². The van der Waals surface area contributed by atoms with E-state index in [2.05, 4.69) is 12.2 Å². The van der Waals surface area contributed by atoms with Gasteiger partial charge in [0.05, 0.1) is 30.2 Å². The molecule has 2 unspecified atom stereocenters. The van der Waals surface area contributed by atoms with Crippen LogP contribution in [0.1, 0.15) is 76.5 Å². The maximum absolute atomic E-state index is 14.0. The van der Waals surface area contributed by atoms with Gasteiger partial charge in [-0.25, -0.2) is 5.84 Å². The average Bonchev–Trinajstić information content (AvgIpc) is 3.02. The van der Waals surface area contributed by atoms with Crippen LogP contribution in [0.4, 0.5) is 5.69 Å². The van der Waals surface area contributed by atoms with E-state index in [9.17, 15) is 9.59 Å². The minimum atomic E-state index is -0.407. The number of anilines is 1. The monoisotopic (exact) mass is 698 g/mol. The van der Waals surface area contributed by atoms with Gasteiger partial charge >= 0.3 is 0 Å². The third-order valence-electron chi connectivity index (χ3n) is 7.68. The second-order valence-electron chi connectivity index (χ2n) is 11.2. The van der Waals surface area contributed by atoms with Gasteiger partial charge in [0.15, 0.2) is 0 Å². The molecule has 7 N–H and O–H groups in total. The zero-order valence-corrected chi connectivity index (χ0v) is 30.4. The number of nitrogens with zero attached hydrogens (tertiary/aromatic N) is 2. The van der Waals surface area contributed by atoms with Crippen LogP contribution in [0.5, 0.6) is 0 Å². The molecule has 2 aromatic rings. The number of hydrogen-bond donors (Lipinski definition) is 4. The van der Waals surface area contributed by atoms with E-state index in [4.69, 9.17) is 27.2 Å². The molecule has 1 aliphatic heterocycles. The first-order valence-electron chi connectivity index (χ1n) is 15.8. The number of amides is 2. The van der Waals surface area contributed by atoms with Crippen molar-refractivity contribution < 1.29 is 52.1 Å². The maximum atomic E-state index is 14.0. The van der Waals surface area contributed by atoms with Crippen LogP contribution in [0, 0.1) is 11.8 Å². The Morgan fingerprint density at radius 2 is 1.71 bits per heavy atom. The number of rotatable bonds is 15. The Labute approximate surface area is 295 Å². The Kier molecular flexibility index (Phi) is 20.1. The number of aliphatic hydroxyl groups excluding tert-OH is 1. The van der Waals surface area contributed by atoms with Gasteiger partial charge in [0, 0.05) is 82.5 Å². The van der Waals surface area contributed by atoms with Crippen molar-refractivity contribution in [2.75, 3.05) is 44.4 Å². The largest absolute Gasteiger partial charge is 0.676 e. The Hall–Kier alpha value is -2.34. The van der Waals surface area contributed by atoms with Crippen molar-refractivity contribution in [3.05, 3.63) is 71.0 Å². The van der Waals surface area contributed by atoms with Crippen LogP contribution in [-0.4, -0.2) is 61.4 Å². The normalized spacial score (nSPS) is 15.1. The van der Waals surface area contributed by atoms with E-state index in [0.29, 0.717) is 62.1 Å². The molecule has 247 valence electrons. The fraction of sp³-hybridized carbons (Fsp3) is 0.529. The third kappa shape index (κ3) is 12.4. The van der Waals surface area contributed by atoms with Gasteiger partial charge in [-0.3, -0.25) is 9.59 Å². The summed E-state index contributed by atoms with van der Waals surface area (Å²) >= 11 is 0. The molecule has 0 fully saturated rings. The van der Waals surface area contributed by atoms with Crippen molar-refractivity contribution in [1.82, 2.24) is 10.3 Å². The fourth-order valence-electron chi connectivity index (χ4n) is 4.99. The number of nitrogens with one attached hydrogen (secondary N) is 2. The summed E-state index contributed by atoms with van der Waals surface area (Å²) in [5, 5.41) is 12.6. The van der Waals surface area contributed by atoms with Crippen molar-refractivity contribution in [1.29, 1.82) is 0 Å². The van der Waals surface area contributed by atoms with E-state index in [0.717, 1.165) is 30.4 Å². The summed E-state index contributed by atoms with van der Waals surface area (Å²) < 4.78 is 5.42. The van der Waals surface area contributed by atoms with Crippen molar-refractivity contribution in [2.24, 2.45) is 23.4 Å². The number of benzene rings is 2. The third-order valence-corrected chi connectivity index (χ3v) is 7.68. The number of carbonyl (C=O) groups excluding carboxylic acids is 2. The van der Waals surface area contributed by atoms with Gasteiger partial charge in [-0.1, -0.05) is 83.0 Å². The molecule has 1 heterocycles. The molecule has 10 nitrogen and oxygen atoms in total. The molecule has 1 aliphatic rings. The summed E-state index contributed by atoms with van der Waals surface area (Å²) in [6.45, 7) is 10.7. The van der Waals surface area contributed by atoms with Crippen molar-refractivity contribution >= 4 is 28.9 Å². The molecule has 0 aromatic heterocycles. The smallest absolute Gasteiger partial charge is 0.230 e. The first-order valence-corrected chi connectivity index (χ1v) is 15.8. The van der Waals surface area contributed by atoms with E-state index < -0.39 is 5.92 Å². The van der Waals surface area contributed by atoms with Crippen LogP contribution >= 0.6 is 0 Å². The van der Waals surface area contributed by atoms with E-state index >= 15 is 0 Å². The second kappa shape index (κ2) is 22.2. The van der Waals surface area contributed by atoms with Gasteiger partial charge < -0.3 is 36.5 Å². The fourth-order valence-corrected chi connectivity index (χ4v) is 4.99. The molecule has 0 bridgehead atoms. The SMILES string of the molecule is CCCCCO.CCCOCCNC(=O)CC(C)C(C)C(=O)N1Cc2ccccc2/C(N(N)CC[NH-])=C(/N)c2ccccc21.[Y]. The van der Waals surface area contributed by atoms with E-state index in [1.165, 1.54) is 11.4 Å². The van der Waals surface area contributed by atoms with Gasteiger partial charge in [-0.2, -0.15) is 0 Å². The van der Waals surface area contributed by atoms with Gasteiger partial charge in [0.2, 0.25) is 11.8 Å². The molecular weight excluding hydrogens is 645 g/mol. The Morgan fingerprint density at radius 3 is 2.33 bits per heavy atom. The second-order valence-corrected chi connectivity index (χ2v) is 11.2. The van der Waals surface area contributed by atoms with E-state index in [1.807, 2.05) is 69.3 Å². The van der Waals surface area contributed by atoms with Gasteiger partial charge in [0.1, 0.15) is 0 Å². The van der Waals surface area contributed by atoms with Crippen molar-refractivity contribution in [3.8, 4) is 0 Å². The molecule has 0 saturated heterocycles. The number of fused-ring (bicyclic) bond motifs is 2. The zero-order chi connectivity index (χ0) is 32.5. The number of hydrazine groups is 1. The first-order chi connectivity index (χ1) is 21.2. The molecular formula is C34H53N6O4Y-. The minimum Gasteiger partial charge on any atom is -0.676 e. The standard InChI is InChI=1S/C29H41N6O3.C5H12O.Y/c1-4-16-38-17-14-33-26(36)18-20(2)21(3)29(37)34-19-22-9-5-6-10-23(22)28(35(32)15-13-30)27(31)24-11-7-8-12-25(24)34;1-2-3-4-5-6;/h5-12,20-21,30H,4,13-19,31-32H2,1-3H3,(H,33,36);6H,2-5H2,1H3;/q-1;;/b28-27-;;. The predicted molar refractivity (Wildman–Crippen MR) is 179 cm³/mol. The van der Waals surface area contributed by atoms with Gasteiger partial charge in [0.25, 0.3) is 0 Å². The molecule has 2 aromatic carbocycles. The number of aliphatic hydroxyl groups is 1. The van der Waals surface area contributed by atoms with Gasteiger partial charge in [-0.15, -0.1) is 6.54 Å². The summed E-state index contributed by atoms with van der Waals surface area (Å²) in [4.78, 5) is 28.2. The zero-order valence-electron chi connectivity index (χ0n) is 27.6. The van der Waals surface area contributed by atoms with Crippen LogP contribution in [0.25, 0.3) is 17.1 Å². The Morgan fingerprint density at radius 1 is 1.04 bits per heavy atom. The topological polar surface area (TPSA) is 158 Å². The molecule has 0 aliphatic carbocycles. The first kappa shape index (κ1) is 40.7. The maximum Gasteiger partial charge on any atom is 0.230 e. The molecule has 0 saturated carbocycles. The number of carbonyl (C=O) groups is 2. The molecule has 2 amide bonds. The van der Waals surface area contributed by atoms with Crippen LogP contribution in [-0.2, 0) is 53.6 Å². The van der Waals surface area contributed by atoms with Crippen molar-refractivity contribution in [3.63, 3.8) is 0 Å². The summed E-state index contributed by atoms with van der Waals surface area (Å²) in [6, 6.07) is 15.3. The molecule has 1 radical (unpaired) electrons. The van der Waals surface area contributed by atoms with E-state index in [1.54, 1.807) is 4.90 Å². The predicted octanol–water partition coefficient (Wildman–Crippen LogP) is 4.92. The number of hydrogen-bond acceptors (Lipinski definition) is 7. The summed E-state index contributed by atoms with van der Waals surface area (Å²) in [5.74, 6) is 5.63. The van der Waals surface area contributed by atoms with E-state index in [-0.39, 0.29) is 63.4 Å². The molecule has 2 atom stereocenters. The summed E-state index contributed by atoms with van der Waals surface area (Å²) in [7, 11) is 0. The molecule has 3 rings (SSSR count). The molecule has 0 spiro atoms. The Bertz CT molecular complexity index is 1210. The minimum absolute atomic E-state index is 0. The number of para-hydroxylation sites is 1. The van der Waals surface area contributed by atoms with Gasteiger partial charge in [-0.05, 0) is 30.4 Å². The number of ether oxygens (including phenoxy) is 1. The number of nitrogens with two attached hydrogens (primary N) is 2. The Balaban J connectivity index is 0.00000131. The number of unbranched alkanes of at least 4 members (excludes halogenated alkanes) is 2. The van der Waals surface area contributed by atoms with Crippen LogP contribution in [0.3, 0.4) is 0 Å². The van der Waals surface area contributed by atoms with Crippen LogP contribution < -0.4 is 21.8 Å². The average molecular weight is 699 g/mol. The summed E-state index contributed by atoms with van der Waals surface area (Å²) in [5.41, 5.74) is 18.6. The molecule has 45 heavy (non-hydrogen) atoms. The molecule has 11 heteroatoms. The van der Waals surface area contributed by atoms with Crippen molar-refractivity contribution in [2.45, 2.75) is 66.3 Å².